The molecule has 1 heterocycles. The van der Waals surface area contributed by atoms with E-state index in [1.165, 1.54) is 19.2 Å². The molecule has 23 heavy (non-hydrogen) atoms. The van der Waals surface area contributed by atoms with Gasteiger partial charge >= 0.3 is 0 Å². The largest absolute Gasteiger partial charge is 0.496 e. The standard InChI is InChI=1S/C19H14FNO2/c1-23-18-12-16(20)6-7-17(18)13-2-4-14(5-3-13)19(22)15-8-10-21-11-9-15/h2-12H,1H3. The number of nitrogens with zero attached hydrogens (tertiary/aromatic N) is 1. The van der Waals surface area contributed by atoms with Crippen molar-refractivity contribution in [1.29, 1.82) is 0 Å². The van der Waals surface area contributed by atoms with Crippen LogP contribution in [0.4, 0.5) is 4.39 Å². The number of benzene rings is 2. The number of carbonyl (C=O) groups excluding carboxylic acids is 1. The highest BCUT2D eigenvalue weighted by Gasteiger charge is 2.11. The number of ketones is 1. The SMILES string of the molecule is COc1cc(F)ccc1-c1ccc(C(=O)c2ccncc2)cc1. The fourth-order valence-electron chi connectivity index (χ4n) is 2.37. The van der Waals surface area contributed by atoms with E-state index in [9.17, 15) is 9.18 Å². The molecule has 0 radical (unpaired) electrons. The van der Waals surface area contributed by atoms with Gasteiger partial charge in [-0.2, -0.15) is 0 Å². The molecule has 114 valence electrons. The molecule has 0 bridgehead atoms. The Bertz CT molecular complexity index is 830. The second-order valence-corrected chi connectivity index (χ2v) is 4.99. The van der Waals surface area contributed by atoms with Crippen LogP contribution in [-0.2, 0) is 0 Å². The van der Waals surface area contributed by atoms with Crippen molar-refractivity contribution in [1.82, 2.24) is 4.98 Å². The molecule has 1 aromatic heterocycles. The third kappa shape index (κ3) is 3.11. The zero-order valence-corrected chi connectivity index (χ0v) is 12.5. The van der Waals surface area contributed by atoms with E-state index in [1.54, 1.807) is 42.7 Å². The van der Waals surface area contributed by atoms with E-state index in [-0.39, 0.29) is 11.6 Å². The lowest BCUT2D eigenvalue weighted by Crippen LogP contribution is -2.01. The first-order valence-corrected chi connectivity index (χ1v) is 7.08. The number of hydrogen-bond acceptors (Lipinski definition) is 3. The maximum Gasteiger partial charge on any atom is 0.193 e. The van der Waals surface area contributed by atoms with Crippen molar-refractivity contribution in [2.75, 3.05) is 7.11 Å². The molecule has 0 unspecified atom stereocenters. The van der Waals surface area contributed by atoms with Gasteiger partial charge in [-0.05, 0) is 29.8 Å². The predicted octanol–water partition coefficient (Wildman–Crippen LogP) is 4.13. The summed E-state index contributed by atoms with van der Waals surface area (Å²) in [4.78, 5) is 16.3. The Labute approximate surface area is 133 Å². The molecule has 0 aliphatic heterocycles. The number of halogens is 1. The van der Waals surface area contributed by atoms with E-state index in [1.807, 2.05) is 12.1 Å². The van der Waals surface area contributed by atoms with Crippen molar-refractivity contribution in [3.8, 4) is 16.9 Å². The summed E-state index contributed by atoms with van der Waals surface area (Å²) in [6.45, 7) is 0. The smallest absolute Gasteiger partial charge is 0.193 e. The number of hydrogen-bond donors (Lipinski definition) is 0. The molecule has 4 heteroatoms. The van der Waals surface area contributed by atoms with Gasteiger partial charge in [-0.15, -0.1) is 0 Å². The van der Waals surface area contributed by atoms with Crippen molar-refractivity contribution >= 4 is 5.78 Å². The number of methoxy groups -OCH3 is 1. The Morgan fingerprint density at radius 1 is 0.957 bits per heavy atom. The van der Waals surface area contributed by atoms with Crippen LogP contribution in [0, 0.1) is 5.82 Å². The fourth-order valence-corrected chi connectivity index (χ4v) is 2.37. The summed E-state index contributed by atoms with van der Waals surface area (Å²) < 4.78 is 18.5. The Morgan fingerprint density at radius 2 is 1.61 bits per heavy atom. The maximum atomic E-state index is 13.3. The minimum Gasteiger partial charge on any atom is -0.496 e. The predicted molar refractivity (Wildman–Crippen MR) is 86.1 cm³/mol. The first-order chi connectivity index (χ1) is 11.2. The van der Waals surface area contributed by atoms with Gasteiger partial charge in [0.1, 0.15) is 11.6 Å². The summed E-state index contributed by atoms with van der Waals surface area (Å²) in [5.41, 5.74) is 2.80. The molecule has 0 saturated carbocycles. The highest BCUT2D eigenvalue weighted by Crippen LogP contribution is 2.30. The quantitative estimate of drug-likeness (QED) is 0.680. The Hall–Kier alpha value is -3.01. The molecule has 0 fully saturated rings. The number of ether oxygens (including phenoxy) is 1. The topological polar surface area (TPSA) is 39.2 Å². The monoisotopic (exact) mass is 307 g/mol. The van der Waals surface area contributed by atoms with Crippen LogP contribution in [0.1, 0.15) is 15.9 Å². The van der Waals surface area contributed by atoms with Crippen LogP contribution in [0.5, 0.6) is 5.75 Å². The molecule has 3 nitrogen and oxygen atoms in total. The average molecular weight is 307 g/mol. The lowest BCUT2D eigenvalue weighted by molar-refractivity contribution is 0.103. The second kappa shape index (κ2) is 6.40. The summed E-state index contributed by atoms with van der Waals surface area (Å²) in [6, 6.07) is 14.9. The van der Waals surface area contributed by atoms with Crippen LogP contribution >= 0.6 is 0 Å². The number of aromatic nitrogens is 1. The third-order valence-corrected chi connectivity index (χ3v) is 3.56. The van der Waals surface area contributed by atoms with Gasteiger partial charge in [-0.3, -0.25) is 9.78 Å². The number of carbonyl (C=O) groups is 1. The molecule has 3 aromatic rings. The first-order valence-electron chi connectivity index (χ1n) is 7.08. The van der Waals surface area contributed by atoms with E-state index in [2.05, 4.69) is 4.98 Å². The zero-order chi connectivity index (χ0) is 16.2. The van der Waals surface area contributed by atoms with E-state index in [0.717, 1.165) is 11.1 Å². The van der Waals surface area contributed by atoms with Gasteiger partial charge < -0.3 is 4.74 Å². The van der Waals surface area contributed by atoms with Crippen LogP contribution in [0.3, 0.4) is 0 Å². The first kappa shape index (κ1) is 14.9. The van der Waals surface area contributed by atoms with Crippen molar-refractivity contribution in [2.24, 2.45) is 0 Å². The van der Waals surface area contributed by atoms with Crippen molar-refractivity contribution in [3.63, 3.8) is 0 Å². The summed E-state index contributed by atoms with van der Waals surface area (Å²) in [5.74, 6) is 0.0401. The highest BCUT2D eigenvalue weighted by molar-refractivity contribution is 6.09. The second-order valence-electron chi connectivity index (χ2n) is 4.99. The van der Waals surface area contributed by atoms with Crippen LogP contribution in [-0.4, -0.2) is 17.9 Å². The molecule has 0 saturated heterocycles. The lowest BCUT2D eigenvalue weighted by Gasteiger charge is -2.09. The minimum absolute atomic E-state index is 0.0648. The van der Waals surface area contributed by atoms with Crippen LogP contribution in [0.15, 0.2) is 67.0 Å². The van der Waals surface area contributed by atoms with E-state index in [4.69, 9.17) is 4.74 Å². The Balaban J connectivity index is 1.93. The molecular weight excluding hydrogens is 293 g/mol. The van der Waals surface area contributed by atoms with Gasteiger partial charge in [0.15, 0.2) is 5.78 Å². The van der Waals surface area contributed by atoms with Gasteiger partial charge in [0.2, 0.25) is 0 Å². The van der Waals surface area contributed by atoms with Gasteiger partial charge in [-0.25, -0.2) is 4.39 Å². The molecule has 2 aromatic carbocycles. The minimum atomic E-state index is -0.352. The zero-order valence-electron chi connectivity index (χ0n) is 12.5. The van der Waals surface area contributed by atoms with Gasteiger partial charge in [0, 0.05) is 35.2 Å². The molecular formula is C19H14FNO2. The van der Waals surface area contributed by atoms with Crippen molar-refractivity contribution in [3.05, 3.63) is 83.9 Å². The molecule has 0 aliphatic rings. The van der Waals surface area contributed by atoms with Crippen LogP contribution in [0.2, 0.25) is 0 Å². The van der Waals surface area contributed by atoms with Crippen molar-refractivity contribution < 1.29 is 13.9 Å². The normalized spacial score (nSPS) is 10.3. The van der Waals surface area contributed by atoms with Crippen molar-refractivity contribution in [2.45, 2.75) is 0 Å². The van der Waals surface area contributed by atoms with Gasteiger partial charge in [0.05, 0.1) is 7.11 Å². The Kier molecular flexibility index (Phi) is 4.15. The molecule has 0 amide bonds. The molecule has 0 N–H and O–H groups in total. The van der Waals surface area contributed by atoms with Crippen LogP contribution in [0.25, 0.3) is 11.1 Å². The summed E-state index contributed by atoms with van der Waals surface area (Å²) in [5, 5.41) is 0. The summed E-state index contributed by atoms with van der Waals surface area (Å²) >= 11 is 0. The summed E-state index contributed by atoms with van der Waals surface area (Å²) in [7, 11) is 1.50. The van der Waals surface area contributed by atoms with E-state index >= 15 is 0 Å². The molecule has 0 atom stereocenters. The summed E-state index contributed by atoms with van der Waals surface area (Å²) in [6.07, 6.45) is 3.18. The Morgan fingerprint density at radius 3 is 2.26 bits per heavy atom. The van der Waals surface area contributed by atoms with Crippen LogP contribution < -0.4 is 4.74 Å². The molecule has 3 rings (SSSR count). The lowest BCUT2D eigenvalue weighted by atomic mass is 9.99. The maximum absolute atomic E-state index is 13.3. The van der Waals surface area contributed by atoms with Gasteiger partial charge in [0.25, 0.3) is 0 Å². The molecule has 0 aliphatic carbocycles. The van der Waals surface area contributed by atoms with E-state index in [0.29, 0.717) is 16.9 Å². The van der Waals surface area contributed by atoms with Gasteiger partial charge in [-0.1, -0.05) is 24.3 Å². The fraction of sp³-hybridized carbons (Fsp3) is 0.0526. The number of pyridine rings is 1. The number of rotatable bonds is 4. The highest BCUT2D eigenvalue weighted by atomic mass is 19.1. The van der Waals surface area contributed by atoms with E-state index < -0.39 is 0 Å². The average Bonchev–Trinajstić information content (AvgIpc) is 2.62. The third-order valence-electron chi connectivity index (χ3n) is 3.56. The molecule has 0 spiro atoms.